The predicted octanol–water partition coefficient (Wildman–Crippen LogP) is 1.45. The zero-order valence-electron chi connectivity index (χ0n) is 12.9. The van der Waals surface area contributed by atoms with Gasteiger partial charge in [-0.1, -0.05) is 0 Å². The van der Waals surface area contributed by atoms with Gasteiger partial charge < -0.3 is 19.7 Å². The van der Waals surface area contributed by atoms with E-state index in [9.17, 15) is 0 Å². The van der Waals surface area contributed by atoms with Crippen LogP contribution >= 0.6 is 0 Å². The SMILES string of the molecule is COc1cc2ncnc(N3CC4CNC(C4)C3)c2cc1OC. The van der Waals surface area contributed by atoms with Gasteiger partial charge in [0.1, 0.15) is 12.1 Å². The van der Waals surface area contributed by atoms with E-state index in [1.165, 1.54) is 6.42 Å². The molecule has 2 aromatic rings. The minimum absolute atomic E-state index is 0.573. The fourth-order valence-corrected chi connectivity index (χ4v) is 3.63. The number of hydrogen-bond acceptors (Lipinski definition) is 6. The van der Waals surface area contributed by atoms with E-state index >= 15 is 0 Å². The Morgan fingerprint density at radius 2 is 1.95 bits per heavy atom. The molecule has 6 nitrogen and oxygen atoms in total. The van der Waals surface area contributed by atoms with Crippen molar-refractivity contribution in [3.05, 3.63) is 18.5 Å². The Kier molecular flexibility index (Phi) is 3.26. The molecule has 0 aliphatic carbocycles. The van der Waals surface area contributed by atoms with E-state index in [0.717, 1.165) is 36.4 Å². The molecular weight excluding hydrogens is 280 g/mol. The van der Waals surface area contributed by atoms with Crippen molar-refractivity contribution >= 4 is 16.7 Å². The molecule has 2 fully saturated rings. The lowest BCUT2D eigenvalue weighted by atomic mass is 9.99. The smallest absolute Gasteiger partial charge is 0.162 e. The third-order valence-electron chi connectivity index (χ3n) is 4.65. The molecule has 2 aliphatic rings. The number of benzene rings is 1. The first-order valence-corrected chi connectivity index (χ1v) is 7.63. The van der Waals surface area contributed by atoms with Crippen LogP contribution in [0.3, 0.4) is 0 Å². The van der Waals surface area contributed by atoms with E-state index in [-0.39, 0.29) is 0 Å². The molecule has 2 atom stereocenters. The van der Waals surface area contributed by atoms with Crippen LogP contribution in [0.4, 0.5) is 5.82 Å². The topological polar surface area (TPSA) is 59.5 Å². The summed E-state index contributed by atoms with van der Waals surface area (Å²) in [5, 5.41) is 4.59. The average Bonchev–Trinajstić information content (AvgIpc) is 2.90. The quantitative estimate of drug-likeness (QED) is 0.926. The summed E-state index contributed by atoms with van der Waals surface area (Å²) >= 11 is 0. The molecule has 4 rings (SSSR count). The second kappa shape index (κ2) is 5.28. The Morgan fingerprint density at radius 1 is 1.14 bits per heavy atom. The lowest BCUT2D eigenvalue weighted by Crippen LogP contribution is -2.41. The molecule has 1 N–H and O–H groups in total. The molecule has 0 amide bonds. The maximum atomic E-state index is 5.43. The van der Waals surface area contributed by atoms with Crippen molar-refractivity contribution in [2.45, 2.75) is 12.5 Å². The first-order valence-electron chi connectivity index (χ1n) is 7.63. The van der Waals surface area contributed by atoms with Crippen molar-refractivity contribution in [2.75, 3.05) is 38.8 Å². The highest BCUT2D eigenvalue weighted by Gasteiger charge is 2.33. The van der Waals surface area contributed by atoms with Crippen LogP contribution in [0, 0.1) is 5.92 Å². The molecule has 2 unspecified atom stereocenters. The van der Waals surface area contributed by atoms with Crippen LogP contribution < -0.4 is 19.7 Å². The predicted molar refractivity (Wildman–Crippen MR) is 84.8 cm³/mol. The molecule has 22 heavy (non-hydrogen) atoms. The Labute approximate surface area is 129 Å². The van der Waals surface area contributed by atoms with Gasteiger partial charge in [-0.25, -0.2) is 9.97 Å². The third kappa shape index (κ3) is 2.14. The van der Waals surface area contributed by atoms with Crippen molar-refractivity contribution in [2.24, 2.45) is 5.92 Å². The minimum Gasteiger partial charge on any atom is -0.493 e. The highest BCUT2D eigenvalue weighted by Crippen LogP contribution is 2.36. The van der Waals surface area contributed by atoms with Gasteiger partial charge in [-0.15, -0.1) is 0 Å². The second-order valence-corrected chi connectivity index (χ2v) is 6.03. The van der Waals surface area contributed by atoms with Crippen LogP contribution in [0.25, 0.3) is 10.9 Å². The lowest BCUT2D eigenvalue weighted by molar-refractivity contribution is 0.355. The molecule has 0 radical (unpaired) electrons. The van der Waals surface area contributed by atoms with Crippen molar-refractivity contribution in [3.63, 3.8) is 0 Å². The van der Waals surface area contributed by atoms with Gasteiger partial charge >= 0.3 is 0 Å². The van der Waals surface area contributed by atoms with Gasteiger partial charge in [0.2, 0.25) is 0 Å². The number of ether oxygens (including phenoxy) is 2. The normalized spacial score (nSPS) is 23.8. The molecule has 1 aromatic heterocycles. The molecule has 0 spiro atoms. The largest absolute Gasteiger partial charge is 0.493 e. The molecule has 2 saturated heterocycles. The van der Waals surface area contributed by atoms with Crippen LogP contribution in [-0.4, -0.2) is 49.9 Å². The minimum atomic E-state index is 0.573. The number of aromatic nitrogens is 2. The summed E-state index contributed by atoms with van der Waals surface area (Å²) in [5.74, 6) is 3.11. The summed E-state index contributed by atoms with van der Waals surface area (Å²) in [6.45, 7) is 3.16. The summed E-state index contributed by atoms with van der Waals surface area (Å²) in [6, 6.07) is 4.47. The molecule has 6 heteroatoms. The van der Waals surface area contributed by atoms with Gasteiger partial charge in [0.15, 0.2) is 11.5 Å². The number of methoxy groups -OCH3 is 2. The summed E-state index contributed by atoms with van der Waals surface area (Å²) in [7, 11) is 3.29. The molecule has 2 bridgehead atoms. The number of piperidine rings is 1. The van der Waals surface area contributed by atoms with Crippen LogP contribution in [-0.2, 0) is 0 Å². The van der Waals surface area contributed by atoms with Crippen molar-refractivity contribution < 1.29 is 9.47 Å². The molecular formula is C16H20N4O2. The first-order chi connectivity index (χ1) is 10.8. The van der Waals surface area contributed by atoms with Gasteiger partial charge in [-0.3, -0.25) is 0 Å². The van der Waals surface area contributed by atoms with Gasteiger partial charge in [0.05, 0.1) is 19.7 Å². The Morgan fingerprint density at radius 3 is 2.73 bits per heavy atom. The van der Waals surface area contributed by atoms with E-state index in [1.54, 1.807) is 20.5 Å². The summed E-state index contributed by atoms with van der Waals surface area (Å²) in [5.41, 5.74) is 0.883. The number of rotatable bonds is 3. The number of nitrogens with one attached hydrogen (secondary N) is 1. The van der Waals surface area contributed by atoms with Crippen molar-refractivity contribution in [1.82, 2.24) is 15.3 Å². The highest BCUT2D eigenvalue weighted by atomic mass is 16.5. The number of anilines is 1. The zero-order chi connectivity index (χ0) is 15.1. The van der Waals surface area contributed by atoms with Gasteiger partial charge in [0, 0.05) is 37.1 Å². The van der Waals surface area contributed by atoms with Crippen molar-refractivity contribution in [1.29, 1.82) is 0 Å². The maximum absolute atomic E-state index is 5.43. The number of hydrogen-bond donors (Lipinski definition) is 1. The first kappa shape index (κ1) is 13.6. The van der Waals surface area contributed by atoms with E-state index in [4.69, 9.17) is 9.47 Å². The summed E-state index contributed by atoms with van der Waals surface area (Å²) in [4.78, 5) is 11.3. The second-order valence-electron chi connectivity index (χ2n) is 6.03. The highest BCUT2D eigenvalue weighted by molar-refractivity contribution is 5.92. The standard InChI is InChI=1S/C16H20N4O2/c1-21-14-4-12-13(5-15(14)22-2)18-9-19-16(12)20-7-10-3-11(8-20)17-6-10/h4-5,9-11,17H,3,6-8H2,1-2H3. The third-order valence-corrected chi connectivity index (χ3v) is 4.65. The Balaban J connectivity index is 1.80. The lowest BCUT2D eigenvalue weighted by Gasteiger charge is -2.32. The van der Waals surface area contributed by atoms with E-state index < -0.39 is 0 Å². The van der Waals surface area contributed by atoms with Crippen LogP contribution in [0.15, 0.2) is 18.5 Å². The van der Waals surface area contributed by atoms with Crippen molar-refractivity contribution in [3.8, 4) is 11.5 Å². The number of nitrogens with zero attached hydrogens (tertiary/aromatic N) is 3. The fourth-order valence-electron chi connectivity index (χ4n) is 3.63. The Hall–Kier alpha value is -2.08. The maximum Gasteiger partial charge on any atom is 0.162 e. The van der Waals surface area contributed by atoms with Crippen LogP contribution in [0.5, 0.6) is 11.5 Å². The Bertz CT molecular complexity index is 694. The molecule has 116 valence electrons. The molecule has 1 aromatic carbocycles. The zero-order valence-corrected chi connectivity index (χ0v) is 12.9. The molecule has 2 aliphatic heterocycles. The van der Waals surface area contributed by atoms with Gasteiger partial charge in [-0.05, 0) is 18.4 Å². The average molecular weight is 300 g/mol. The van der Waals surface area contributed by atoms with E-state index in [1.807, 2.05) is 12.1 Å². The van der Waals surface area contributed by atoms with Crippen LogP contribution in [0.2, 0.25) is 0 Å². The van der Waals surface area contributed by atoms with Gasteiger partial charge in [0.25, 0.3) is 0 Å². The summed E-state index contributed by atoms with van der Waals surface area (Å²) < 4.78 is 10.8. The monoisotopic (exact) mass is 300 g/mol. The molecule has 0 saturated carbocycles. The van der Waals surface area contributed by atoms with Crippen LogP contribution in [0.1, 0.15) is 6.42 Å². The van der Waals surface area contributed by atoms with Gasteiger partial charge in [-0.2, -0.15) is 0 Å². The summed E-state index contributed by atoms with van der Waals surface area (Å²) in [6.07, 6.45) is 2.91. The van der Waals surface area contributed by atoms with E-state index in [0.29, 0.717) is 23.5 Å². The van der Waals surface area contributed by atoms with E-state index in [2.05, 4.69) is 20.2 Å². The number of fused-ring (bicyclic) bond motifs is 3. The molecule has 3 heterocycles. The fraction of sp³-hybridized carbons (Fsp3) is 0.500.